The van der Waals surface area contributed by atoms with Crippen LogP contribution in [0.2, 0.25) is 0 Å². The number of rotatable bonds is 6. The van der Waals surface area contributed by atoms with Gasteiger partial charge in [-0.2, -0.15) is 0 Å². The maximum Gasteiger partial charge on any atom is 0.263 e. The molecule has 5 heteroatoms. The predicted octanol–water partition coefficient (Wildman–Crippen LogP) is 2.44. The molecule has 1 amide bonds. The summed E-state index contributed by atoms with van der Waals surface area (Å²) < 4.78 is 18.7. The lowest BCUT2D eigenvalue weighted by Crippen LogP contribution is -2.45. The molecule has 1 unspecified atom stereocenters. The number of ether oxygens (including phenoxy) is 1. The van der Waals surface area contributed by atoms with Gasteiger partial charge in [0.1, 0.15) is 11.6 Å². The van der Waals surface area contributed by atoms with Crippen LogP contribution in [0.1, 0.15) is 26.7 Å². The summed E-state index contributed by atoms with van der Waals surface area (Å²) in [7, 11) is 0. The largest absolute Gasteiger partial charge is 0.481 e. The van der Waals surface area contributed by atoms with Crippen LogP contribution in [0, 0.1) is 11.7 Å². The first-order valence-electron chi connectivity index (χ1n) is 8.02. The molecule has 1 saturated heterocycles. The van der Waals surface area contributed by atoms with E-state index in [2.05, 4.69) is 12.2 Å². The van der Waals surface area contributed by atoms with Gasteiger partial charge in [-0.05, 0) is 50.9 Å². The van der Waals surface area contributed by atoms with Gasteiger partial charge in [-0.1, -0.05) is 13.0 Å². The fraction of sp³-hybridized carbons (Fsp3) is 0.588. The topological polar surface area (TPSA) is 41.6 Å². The first-order chi connectivity index (χ1) is 10.6. The molecule has 0 saturated carbocycles. The van der Waals surface area contributed by atoms with Gasteiger partial charge in [-0.3, -0.25) is 4.79 Å². The summed E-state index contributed by atoms with van der Waals surface area (Å²) in [5, 5.41) is 3.36. The Morgan fingerprint density at radius 3 is 2.82 bits per heavy atom. The van der Waals surface area contributed by atoms with E-state index >= 15 is 0 Å². The second-order valence-corrected chi connectivity index (χ2v) is 5.79. The van der Waals surface area contributed by atoms with Crippen molar-refractivity contribution in [2.75, 3.05) is 26.2 Å². The van der Waals surface area contributed by atoms with Gasteiger partial charge in [0, 0.05) is 19.2 Å². The third kappa shape index (κ3) is 4.70. The lowest BCUT2D eigenvalue weighted by molar-refractivity contribution is -0.139. The van der Waals surface area contributed by atoms with E-state index < -0.39 is 6.10 Å². The Bertz CT molecular complexity index is 487. The molecule has 0 aromatic heterocycles. The maximum atomic E-state index is 13.1. The highest BCUT2D eigenvalue weighted by Gasteiger charge is 2.26. The van der Waals surface area contributed by atoms with E-state index in [1.165, 1.54) is 12.1 Å². The lowest BCUT2D eigenvalue weighted by Gasteiger charge is -2.33. The average molecular weight is 308 g/mol. The molecule has 4 nitrogen and oxygen atoms in total. The number of hydrogen-bond acceptors (Lipinski definition) is 3. The highest BCUT2D eigenvalue weighted by Crippen LogP contribution is 2.19. The number of piperidine rings is 1. The van der Waals surface area contributed by atoms with E-state index in [4.69, 9.17) is 4.74 Å². The number of hydrogen-bond donors (Lipinski definition) is 1. The Labute approximate surface area is 131 Å². The first-order valence-corrected chi connectivity index (χ1v) is 8.02. The van der Waals surface area contributed by atoms with Gasteiger partial charge in [-0.15, -0.1) is 0 Å². The van der Waals surface area contributed by atoms with Gasteiger partial charge in [0.25, 0.3) is 5.91 Å². The SMILES string of the molecule is CCNCC1CCN(C(=O)C(C)Oc2cccc(F)c2)CC1. The second kappa shape index (κ2) is 8.13. The molecule has 1 N–H and O–H groups in total. The van der Waals surface area contributed by atoms with Crippen LogP contribution in [-0.2, 0) is 4.79 Å². The molecular formula is C17H25FN2O2. The number of halogens is 1. The van der Waals surface area contributed by atoms with Gasteiger partial charge in [0.05, 0.1) is 0 Å². The van der Waals surface area contributed by atoms with E-state index in [1.54, 1.807) is 19.1 Å². The minimum absolute atomic E-state index is 0.0221. The van der Waals surface area contributed by atoms with Crippen molar-refractivity contribution < 1.29 is 13.9 Å². The van der Waals surface area contributed by atoms with Crippen LogP contribution in [-0.4, -0.2) is 43.1 Å². The minimum Gasteiger partial charge on any atom is -0.481 e. The molecule has 0 bridgehead atoms. The Balaban J connectivity index is 1.81. The summed E-state index contributed by atoms with van der Waals surface area (Å²) in [5.74, 6) is 0.652. The maximum absolute atomic E-state index is 13.1. The highest BCUT2D eigenvalue weighted by molar-refractivity contribution is 5.81. The molecule has 0 aliphatic carbocycles. The number of carbonyl (C=O) groups excluding carboxylic acids is 1. The van der Waals surface area contributed by atoms with Gasteiger partial charge in [0.15, 0.2) is 6.10 Å². The van der Waals surface area contributed by atoms with Crippen molar-refractivity contribution in [2.24, 2.45) is 5.92 Å². The fourth-order valence-electron chi connectivity index (χ4n) is 2.76. The number of amides is 1. The molecule has 0 radical (unpaired) electrons. The smallest absolute Gasteiger partial charge is 0.263 e. The number of likely N-dealkylation sites (tertiary alicyclic amines) is 1. The van der Waals surface area contributed by atoms with Gasteiger partial charge >= 0.3 is 0 Å². The molecule has 1 heterocycles. The molecule has 1 aromatic carbocycles. The van der Waals surface area contributed by atoms with Crippen molar-refractivity contribution in [1.82, 2.24) is 10.2 Å². The number of carbonyl (C=O) groups is 1. The van der Waals surface area contributed by atoms with Gasteiger partial charge < -0.3 is 15.0 Å². The summed E-state index contributed by atoms with van der Waals surface area (Å²) in [4.78, 5) is 14.3. The second-order valence-electron chi connectivity index (χ2n) is 5.79. The summed E-state index contributed by atoms with van der Waals surface area (Å²) in [6, 6.07) is 5.89. The normalized spacial score (nSPS) is 17.3. The van der Waals surface area contributed by atoms with Crippen LogP contribution in [0.3, 0.4) is 0 Å². The van der Waals surface area contributed by atoms with E-state index in [1.807, 2.05) is 4.90 Å². The third-order valence-electron chi connectivity index (χ3n) is 4.07. The average Bonchev–Trinajstić information content (AvgIpc) is 2.52. The van der Waals surface area contributed by atoms with E-state index in [-0.39, 0.29) is 11.7 Å². The van der Waals surface area contributed by atoms with Crippen molar-refractivity contribution in [3.8, 4) is 5.75 Å². The zero-order chi connectivity index (χ0) is 15.9. The summed E-state index contributed by atoms with van der Waals surface area (Å²) in [6.07, 6.45) is 1.45. The highest BCUT2D eigenvalue weighted by atomic mass is 19.1. The van der Waals surface area contributed by atoms with Gasteiger partial charge in [0.2, 0.25) is 0 Å². The van der Waals surface area contributed by atoms with Crippen molar-refractivity contribution in [2.45, 2.75) is 32.8 Å². The Morgan fingerprint density at radius 1 is 1.45 bits per heavy atom. The molecule has 122 valence electrons. The van der Waals surface area contributed by atoms with Crippen LogP contribution < -0.4 is 10.1 Å². The summed E-state index contributed by atoms with van der Waals surface area (Å²) in [5.41, 5.74) is 0. The van der Waals surface area contributed by atoms with Crippen molar-refractivity contribution >= 4 is 5.91 Å². The number of nitrogens with one attached hydrogen (secondary N) is 1. The zero-order valence-electron chi connectivity index (χ0n) is 13.3. The van der Waals surface area contributed by atoms with E-state index in [9.17, 15) is 9.18 Å². The number of benzene rings is 1. The Hall–Kier alpha value is -1.62. The quantitative estimate of drug-likeness (QED) is 0.877. The molecular weight excluding hydrogens is 283 g/mol. The van der Waals surface area contributed by atoms with Crippen LogP contribution in [0.15, 0.2) is 24.3 Å². The Morgan fingerprint density at radius 2 is 2.18 bits per heavy atom. The molecule has 1 aliphatic rings. The molecule has 0 spiro atoms. The lowest BCUT2D eigenvalue weighted by atomic mass is 9.96. The Kier molecular flexibility index (Phi) is 6.19. The minimum atomic E-state index is -0.591. The molecule has 22 heavy (non-hydrogen) atoms. The van der Waals surface area contributed by atoms with E-state index in [0.717, 1.165) is 39.0 Å². The standard InChI is InChI=1S/C17H25FN2O2/c1-3-19-12-14-7-9-20(10-8-14)17(21)13(2)22-16-6-4-5-15(18)11-16/h4-6,11,13-14,19H,3,7-10,12H2,1-2H3. The molecule has 2 rings (SSSR count). The molecule has 1 aliphatic heterocycles. The fourth-order valence-corrected chi connectivity index (χ4v) is 2.76. The van der Waals surface area contributed by atoms with Crippen LogP contribution in [0.4, 0.5) is 4.39 Å². The van der Waals surface area contributed by atoms with Crippen LogP contribution >= 0.6 is 0 Å². The first kappa shape index (κ1) is 16.7. The summed E-state index contributed by atoms with van der Waals surface area (Å²) >= 11 is 0. The van der Waals surface area contributed by atoms with Crippen LogP contribution in [0.25, 0.3) is 0 Å². The van der Waals surface area contributed by atoms with Gasteiger partial charge in [-0.25, -0.2) is 4.39 Å². The molecule has 1 atom stereocenters. The van der Waals surface area contributed by atoms with Crippen molar-refractivity contribution in [3.05, 3.63) is 30.1 Å². The van der Waals surface area contributed by atoms with E-state index in [0.29, 0.717) is 11.7 Å². The monoisotopic (exact) mass is 308 g/mol. The van der Waals surface area contributed by atoms with Crippen molar-refractivity contribution in [3.63, 3.8) is 0 Å². The third-order valence-corrected chi connectivity index (χ3v) is 4.07. The molecule has 1 fully saturated rings. The number of nitrogens with zero attached hydrogens (tertiary/aromatic N) is 1. The zero-order valence-corrected chi connectivity index (χ0v) is 13.3. The summed E-state index contributed by atoms with van der Waals surface area (Å²) in [6.45, 7) is 7.37. The molecule has 1 aromatic rings. The van der Waals surface area contributed by atoms with Crippen LogP contribution in [0.5, 0.6) is 5.75 Å². The van der Waals surface area contributed by atoms with Crippen molar-refractivity contribution in [1.29, 1.82) is 0 Å². The predicted molar refractivity (Wildman–Crippen MR) is 84.3 cm³/mol.